The van der Waals surface area contributed by atoms with Crippen molar-refractivity contribution in [3.05, 3.63) is 61.1 Å². The first kappa shape index (κ1) is 19.7. The highest BCUT2D eigenvalue weighted by molar-refractivity contribution is 6.03. The molecular weight excluding hydrogens is 298 g/mol. The molecule has 2 aliphatic heterocycles. The maximum Gasteiger partial charge on any atom is 0.269 e. The van der Waals surface area contributed by atoms with Crippen molar-refractivity contribution < 1.29 is 4.79 Å². The molecule has 130 valence electrons. The second kappa shape index (κ2) is 7.95. The molecule has 2 rings (SSSR count). The van der Waals surface area contributed by atoms with Crippen LogP contribution in [0.1, 0.15) is 34.1 Å². The zero-order valence-electron chi connectivity index (χ0n) is 15.4. The molecule has 4 heteroatoms. The number of piperidine rings is 1. The lowest BCUT2D eigenvalue weighted by atomic mass is 9.95. The summed E-state index contributed by atoms with van der Waals surface area (Å²) in [6.07, 6.45) is 0.806. The monoisotopic (exact) mass is 327 g/mol. The minimum Gasteiger partial charge on any atom is -0.345 e. The van der Waals surface area contributed by atoms with E-state index < -0.39 is 0 Å². The lowest BCUT2D eigenvalue weighted by molar-refractivity contribution is -0.117. The summed E-state index contributed by atoms with van der Waals surface area (Å²) in [5.74, 6) is 0.224. The number of carbonyl (C=O) groups excluding carboxylic acids is 1. The van der Waals surface area contributed by atoms with Gasteiger partial charge < -0.3 is 10.2 Å². The smallest absolute Gasteiger partial charge is 0.269 e. The van der Waals surface area contributed by atoms with Crippen LogP contribution in [0.3, 0.4) is 0 Å². The number of carbonyl (C=O) groups is 1. The fourth-order valence-corrected chi connectivity index (χ4v) is 2.46. The predicted molar refractivity (Wildman–Crippen MR) is 103 cm³/mol. The van der Waals surface area contributed by atoms with Crippen LogP contribution in [0.2, 0.25) is 0 Å². The average molecular weight is 327 g/mol. The first-order chi connectivity index (χ1) is 11.1. The topological polar surface area (TPSA) is 44.7 Å². The largest absolute Gasteiger partial charge is 0.345 e. The van der Waals surface area contributed by atoms with Gasteiger partial charge in [0.2, 0.25) is 0 Å². The molecule has 2 heterocycles. The van der Waals surface area contributed by atoms with Crippen LogP contribution in [0.15, 0.2) is 66.1 Å². The number of rotatable bonds is 2. The van der Waals surface area contributed by atoms with E-state index in [0.717, 1.165) is 34.7 Å². The number of nitrogens with one attached hydrogen (secondary N) is 1. The molecule has 0 aromatic heterocycles. The number of allylic oxidation sites excluding steroid dienone is 2. The van der Waals surface area contributed by atoms with Gasteiger partial charge in [0.05, 0.1) is 6.54 Å². The molecule has 1 amide bonds. The third-order valence-electron chi connectivity index (χ3n) is 3.98. The van der Waals surface area contributed by atoms with E-state index in [9.17, 15) is 4.79 Å². The molecule has 0 aromatic rings. The zero-order chi connectivity index (χ0) is 18.6. The third kappa shape index (κ3) is 4.57. The third-order valence-corrected chi connectivity index (χ3v) is 3.98. The fourth-order valence-electron chi connectivity index (χ4n) is 2.46. The number of nitrogens with zero attached hydrogens (tertiary/aromatic N) is 2. The van der Waals surface area contributed by atoms with Crippen molar-refractivity contribution in [3.63, 3.8) is 0 Å². The van der Waals surface area contributed by atoms with Gasteiger partial charge in [-0.15, -0.1) is 0 Å². The molecular formula is C20H29N3O. The molecule has 0 unspecified atom stereocenters. The maximum absolute atomic E-state index is 10.8. The minimum absolute atomic E-state index is 0.158. The standard InChI is InChI=1S/C12H17N.C8H12N2O/c1-8(2)13-11(5)9(3)7-10(4)12(13)6;1-5(2)7-4-9-8(11)6(3)10-7/h8H,3-7H2,1-2H3;5H,3-4H2,1-2H3,(H,9,11). The lowest BCUT2D eigenvalue weighted by Crippen LogP contribution is -2.36. The van der Waals surface area contributed by atoms with Crippen molar-refractivity contribution in [1.82, 2.24) is 10.2 Å². The zero-order valence-corrected chi connectivity index (χ0v) is 15.4. The summed E-state index contributed by atoms with van der Waals surface area (Å²) < 4.78 is 0. The van der Waals surface area contributed by atoms with Crippen LogP contribution >= 0.6 is 0 Å². The minimum atomic E-state index is -0.158. The van der Waals surface area contributed by atoms with Crippen molar-refractivity contribution in [2.45, 2.75) is 40.2 Å². The van der Waals surface area contributed by atoms with E-state index in [-0.39, 0.29) is 5.91 Å². The van der Waals surface area contributed by atoms with E-state index in [1.807, 2.05) is 13.8 Å². The highest BCUT2D eigenvalue weighted by Crippen LogP contribution is 2.34. The van der Waals surface area contributed by atoms with Gasteiger partial charge in [0, 0.05) is 29.6 Å². The number of amides is 1. The SMILES string of the molecule is C=C1CC(=C)C(=C)N(C(C)C)C1=C.C=C1N=C(C(C)C)CNC1=O. The van der Waals surface area contributed by atoms with Gasteiger partial charge in [-0.3, -0.25) is 9.79 Å². The summed E-state index contributed by atoms with van der Waals surface area (Å²) in [5.41, 5.74) is 5.37. The van der Waals surface area contributed by atoms with Gasteiger partial charge in [-0.1, -0.05) is 46.7 Å². The summed E-state index contributed by atoms with van der Waals surface area (Å²) in [5, 5.41) is 2.69. The molecule has 0 bridgehead atoms. The van der Waals surface area contributed by atoms with E-state index in [1.54, 1.807) is 0 Å². The van der Waals surface area contributed by atoms with Crippen LogP contribution in [0.5, 0.6) is 0 Å². The number of likely N-dealkylation sites (tertiary alicyclic amines) is 1. The Kier molecular flexibility index (Phi) is 6.52. The molecule has 0 aromatic carbocycles. The van der Waals surface area contributed by atoms with Gasteiger partial charge in [0.1, 0.15) is 5.70 Å². The molecule has 0 aliphatic carbocycles. The summed E-state index contributed by atoms with van der Waals surface area (Å²) in [6.45, 7) is 28.4. The van der Waals surface area contributed by atoms with E-state index in [2.05, 4.69) is 62.0 Å². The highest BCUT2D eigenvalue weighted by Gasteiger charge is 2.24. The summed E-state index contributed by atoms with van der Waals surface area (Å²) in [6, 6.07) is 0.369. The Bertz CT molecular complexity index is 609. The second-order valence-corrected chi connectivity index (χ2v) is 6.63. The number of aliphatic imine (C=N–C) groups is 1. The first-order valence-electron chi connectivity index (χ1n) is 8.14. The number of hydrogen-bond acceptors (Lipinski definition) is 3. The Hall–Kier alpha value is -2.36. The Balaban J connectivity index is 0.000000243. The molecule has 0 atom stereocenters. The molecule has 1 N–H and O–H groups in total. The first-order valence-corrected chi connectivity index (χ1v) is 8.14. The molecule has 1 saturated heterocycles. The Morgan fingerprint density at radius 2 is 1.50 bits per heavy atom. The van der Waals surface area contributed by atoms with Crippen molar-refractivity contribution >= 4 is 11.6 Å². The molecule has 1 fully saturated rings. The number of hydrogen-bond donors (Lipinski definition) is 1. The second-order valence-electron chi connectivity index (χ2n) is 6.63. The van der Waals surface area contributed by atoms with E-state index in [0.29, 0.717) is 24.2 Å². The van der Waals surface area contributed by atoms with E-state index in [4.69, 9.17) is 0 Å². The van der Waals surface area contributed by atoms with Crippen LogP contribution in [0.4, 0.5) is 0 Å². The molecule has 2 aliphatic rings. The van der Waals surface area contributed by atoms with Gasteiger partial charge in [-0.05, 0) is 30.9 Å². The summed E-state index contributed by atoms with van der Waals surface area (Å²) in [4.78, 5) is 17.0. The van der Waals surface area contributed by atoms with Crippen molar-refractivity contribution in [1.29, 1.82) is 0 Å². The highest BCUT2D eigenvalue weighted by atomic mass is 16.2. The summed E-state index contributed by atoms with van der Waals surface area (Å²) in [7, 11) is 0. The molecule has 24 heavy (non-hydrogen) atoms. The van der Waals surface area contributed by atoms with Crippen molar-refractivity contribution in [2.24, 2.45) is 10.9 Å². The lowest BCUT2D eigenvalue weighted by Gasteiger charge is -2.38. The molecule has 0 radical (unpaired) electrons. The fraction of sp³-hybridized carbons (Fsp3) is 0.400. The van der Waals surface area contributed by atoms with Gasteiger partial charge in [0.25, 0.3) is 5.91 Å². The van der Waals surface area contributed by atoms with Crippen LogP contribution in [-0.4, -0.2) is 29.1 Å². The van der Waals surface area contributed by atoms with Gasteiger partial charge in [0.15, 0.2) is 0 Å². The normalized spacial score (nSPS) is 18.6. The van der Waals surface area contributed by atoms with Crippen LogP contribution in [0.25, 0.3) is 0 Å². The van der Waals surface area contributed by atoms with Crippen LogP contribution < -0.4 is 5.32 Å². The summed E-state index contributed by atoms with van der Waals surface area (Å²) >= 11 is 0. The maximum atomic E-state index is 10.8. The average Bonchev–Trinajstić information content (AvgIpc) is 2.48. The van der Waals surface area contributed by atoms with Crippen molar-refractivity contribution in [2.75, 3.05) is 6.54 Å². The predicted octanol–water partition coefficient (Wildman–Crippen LogP) is 3.97. The Labute approximate surface area is 146 Å². The molecule has 0 saturated carbocycles. The quantitative estimate of drug-likeness (QED) is 0.780. The van der Waals surface area contributed by atoms with Gasteiger partial charge >= 0.3 is 0 Å². The van der Waals surface area contributed by atoms with Crippen LogP contribution in [-0.2, 0) is 4.79 Å². The van der Waals surface area contributed by atoms with E-state index in [1.165, 1.54) is 0 Å². The molecule has 0 spiro atoms. The Morgan fingerprint density at radius 1 is 1.00 bits per heavy atom. The van der Waals surface area contributed by atoms with E-state index >= 15 is 0 Å². The van der Waals surface area contributed by atoms with Crippen LogP contribution in [0, 0.1) is 5.92 Å². The molecule has 4 nitrogen and oxygen atoms in total. The van der Waals surface area contributed by atoms with Crippen molar-refractivity contribution in [3.8, 4) is 0 Å². The van der Waals surface area contributed by atoms with Gasteiger partial charge in [-0.25, -0.2) is 0 Å². The van der Waals surface area contributed by atoms with Gasteiger partial charge in [-0.2, -0.15) is 0 Å². The Morgan fingerprint density at radius 3 is 1.88 bits per heavy atom.